The highest BCUT2D eigenvalue weighted by atomic mass is 32.2. The van der Waals surface area contributed by atoms with E-state index in [4.69, 9.17) is 0 Å². The van der Waals surface area contributed by atoms with Gasteiger partial charge in [-0.2, -0.15) is 0 Å². The molecule has 1 N–H and O–H groups in total. The van der Waals surface area contributed by atoms with Gasteiger partial charge in [-0.15, -0.1) is 11.8 Å². The van der Waals surface area contributed by atoms with Gasteiger partial charge < -0.3 is 14.9 Å². The molecule has 0 radical (unpaired) electrons. The van der Waals surface area contributed by atoms with Crippen molar-refractivity contribution < 1.29 is 14.3 Å². The molecule has 1 atom stereocenters. The van der Waals surface area contributed by atoms with Crippen LogP contribution in [0.3, 0.4) is 0 Å². The van der Waals surface area contributed by atoms with E-state index in [1.807, 2.05) is 32.1 Å². The fraction of sp³-hybridized carbons (Fsp3) is 0.292. The third-order valence-electron chi connectivity index (χ3n) is 5.57. The summed E-state index contributed by atoms with van der Waals surface area (Å²) in [6.07, 6.45) is 2.86. The Labute approximate surface area is 180 Å². The van der Waals surface area contributed by atoms with Gasteiger partial charge >= 0.3 is 5.97 Å². The SMILES string of the molecule is CCSC1=C(C(=O)O)C(C)=CC(N2CCc3ccccc32)N1Cc1cccc(F)c1. The monoisotopic (exact) mass is 424 g/mol. The van der Waals surface area contributed by atoms with Crippen molar-refractivity contribution in [2.24, 2.45) is 0 Å². The lowest BCUT2D eigenvalue weighted by Gasteiger charge is -2.43. The van der Waals surface area contributed by atoms with Crippen LogP contribution in [0.4, 0.5) is 10.1 Å². The number of carboxylic acid groups (broad SMARTS) is 1. The summed E-state index contributed by atoms with van der Waals surface area (Å²) >= 11 is 1.53. The first kappa shape index (κ1) is 20.5. The van der Waals surface area contributed by atoms with E-state index >= 15 is 0 Å². The summed E-state index contributed by atoms with van der Waals surface area (Å²) < 4.78 is 13.9. The second kappa shape index (κ2) is 8.56. The Morgan fingerprint density at radius 1 is 1.23 bits per heavy atom. The first-order valence-corrected chi connectivity index (χ1v) is 11.1. The number of nitrogens with zero attached hydrogens (tertiary/aromatic N) is 2. The van der Waals surface area contributed by atoms with Crippen LogP contribution in [-0.2, 0) is 17.8 Å². The van der Waals surface area contributed by atoms with Gasteiger partial charge in [0.2, 0.25) is 0 Å². The van der Waals surface area contributed by atoms with Gasteiger partial charge in [0.05, 0.1) is 10.6 Å². The summed E-state index contributed by atoms with van der Waals surface area (Å²) in [7, 11) is 0. The van der Waals surface area contributed by atoms with Crippen LogP contribution in [0.5, 0.6) is 0 Å². The zero-order valence-electron chi connectivity index (χ0n) is 17.1. The fourth-order valence-corrected chi connectivity index (χ4v) is 5.28. The Morgan fingerprint density at radius 2 is 2.03 bits per heavy atom. The second-order valence-corrected chi connectivity index (χ2v) is 8.76. The maximum atomic E-state index is 13.9. The number of aliphatic carboxylic acids is 1. The summed E-state index contributed by atoms with van der Waals surface area (Å²) in [5.74, 6) is -0.460. The molecule has 0 bridgehead atoms. The Morgan fingerprint density at radius 3 is 2.77 bits per heavy atom. The van der Waals surface area contributed by atoms with Crippen molar-refractivity contribution in [3.63, 3.8) is 0 Å². The molecule has 156 valence electrons. The predicted octanol–water partition coefficient (Wildman–Crippen LogP) is 5.03. The molecule has 0 aliphatic carbocycles. The van der Waals surface area contributed by atoms with E-state index in [-0.39, 0.29) is 12.0 Å². The summed E-state index contributed by atoms with van der Waals surface area (Å²) in [5.41, 5.74) is 4.40. The molecule has 4 rings (SSSR count). The number of fused-ring (bicyclic) bond motifs is 1. The van der Waals surface area contributed by atoms with Crippen molar-refractivity contribution in [2.75, 3.05) is 17.2 Å². The van der Waals surface area contributed by atoms with Gasteiger partial charge in [-0.05, 0) is 60.1 Å². The number of hydrogen-bond donors (Lipinski definition) is 1. The van der Waals surface area contributed by atoms with Gasteiger partial charge in [-0.1, -0.05) is 37.3 Å². The minimum absolute atomic E-state index is 0.130. The zero-order chi connectivity index (χ0) is 21.3. The van der Waals surface area contributed by atoms with E-state index in [0.717, 1.165) is 34.9 Å². The van der Waals surface area contributed by atoms with Crippen LogP contribution in [0.25, 0.3) is 0 Å². The maximum Gasteiger partial charge on any atom is 0.338 e. The predicted molar refractivity (Wildman–Crippen MR) is 120 cm³/mol. The molecule has 0 fully saturated rings. The molecule has 0 saturated carbocycles. The van der Waals surface area contributed by atoms with Gasteiger partial charge in [0.15, 0.2) is 0 Å². The first-order valence-electron chi connectivity index (χ1n) is 10.1. The Kier molecular flexibility index (Phi) is 5.86. The molecule has 6 heteroatoms. The fourth-order valence-electron chi connectivity index (χ4n) is 4.28. The number of hydrogen-bond acceptors (Lipinski definition) is 4. The molecule has 2 aliphatic rings. The van der Waals surface area contributed by atoms with E-state index < -0.39 is 5.97 Å². The summed E-state index contributed by atoms with van der Waals surface area (Å²) in [6.45, 7) is 5.18. The van der Waals surface area contributed by atoms with E-state index in [1.165, 1.54) is 35.1 Å². The molecule has 0 amide bonds. The summed E-state index contributed by atoms with van der Waals surface area (Å²) in [6, 6.07) is 14.9. The number of rotatable bonds is 6. The van der Waals surface area contributed by atoms with Crippen LogP contribution < -0.4 is 4.90 Å². The lowest BCUT2D eigenvalue weighted by atomic mass is 10.0. The standard InChI is InChI=1S/C24H25FN2O2S/c1-3-30-23-22(24(28)29)16(2)13-21(26-12-11-18-8-4-5-10-20(18)26)27(23)15-17-7-6-9-19(25)14-17/h4-10,13-14,21H,3,11-12,15H2,1-2H3,(H,28,29). The molecule has 2 aliphatic heterocycles. The van der Waals surface area contributed by atoms with Gasteiger partial charge in [0, 0.05) is 18.8 Å². The summed E-state index contributed by atoms with van der Waals surface area (Å²) in [4.78, 5) is 16.6. The minimum atomic E-state index is -0.927. The molecule has 1 unspecified atom stereocenters. The van der Waals surface area contributed by atoms with Crippen LogP contribution in [0.2, 0.25) is 0 Å². The zero-order valence-corrected chi connectivity index (χ0v) is 18.0. The first-order chi connectivity index (χ1) is 14.5. The molecule has 2 aromatic rings. The lowest BCUT2D eigenvalue weighted by molar-refractivity contribution is -0.132. The number of para-hydroxylation sites is 1. The Hall–Kier alpha value is -2.73. The topological polar surface area (TPSA) is 43.8 Å². The molecule has 2 aromatic carbocycles. The summed E-state index contributed by atoms with van der Waals surface area (Å²) in [5, 5.41) is 10.7. The second-order valence-electron chi connectivity index (χ2n) is 7.51. The number of carbonyl (C=O) groups is 1. The number of benzene rings is 2. The van der Waals surface area contributed by atoms with Crippen LogP contribution in [0, 0.1) is 5.82 Å². The molecule has 30 heavy (non-hydrogen) atoms. The van der Waals surface area contributed by atoms with Crippen molar-refractivity contribution in [2.45, 2.75) is 33.0 Å². The molecule has 4 nitrogen and oxygen atoms in total. The van der Waals surface area contributed by atoms with Crippen LogP contribution in [0.1, 0.15) is 25.0 Å². The molecule has 0 aromatic heterocycles. The van der Waals surface area contributed by atoms with Gasteiger partial charge in [0.1, 0.15) is 12.0 Å². The Bertz CT molecular complexity index is 1030. The molecule has 0 spiro atoms. The van der Waals surface area contributed by atoms with Crippen LogP contribution in [-0.4, -0.2) is 34.4 Å². The highest BCUT2D eigenvalue weighted by Gasteiger charge is 2.36. The highest BCUT2D eigenvalue weighted by Crippen LogP contribution is 2.40. The van der Waals surface area contributed by atoms with Crippen molar-refractivity contribution in [1.29, 1.82) is 0 Å². The molecular weight excluding hydrogens is 399 g/mol. The van der Waals surface area contributed by atoms with Crippen molar-refractivity contribution in [3.05, 3.63) is 87.7 Å². The normalized spacial score (nSPS) is 18.5. The molecule has 2 heterocycles. The molecule has 0 saturated heterocycles. The van der Waals surface area contributed by atoms with Gasteiger partial charge in [-0.25, -0.2) is 9.18 Å². The van der Waals surface area contributed by atoms with E-state index in [9.17, 15) is 14.3 Å². The quantitative estimate of drug-likeness (QED) is 0.705. The number of thioether (sulfide) groups is 1. The third-order valence-corrected chi connectivity index (χ3v) is 6.57. The average Bonchev–Trinajstić information content (AvgIpc) is 3.14. The average molecular weight is 425 g/mol. The van der Waals surface area contributed by atoms with Crippen LogP contribution >= 0.6 is 11.8 Å². The van der Waals surface area contributed by atoms with Crippen molar-refractivity contribution in [3.8, 4) is 0 Å². The van der Waals surface area contributed by atoms with E-state index in [1.54, 1.807) is 6.07 Å². The van der Waals surface area contributed by atoms with E-state index in [2.05, 4.69) is 28.0 Å². The van der Waals surface area contributed by atoms with Gasteiger partial charge in [-0.3, -0.25) is 0 Å². The minimum Gasteiger partial charge on any atom is -0.478 e. The van der Waals surface area contributed by atoms with Crippen molar-refractivity contribution >= 4 is 23.4 Å². The highest BCUT2D eigenvalue weighted by molar-refractivity contribution is 8.03. The maximum absolute atomic E-state index is 13.9. The number of carboxylic acids is 1. The van der Waals surface area contributed by atoms with Gasteiger partial charge in [0.25, 0.3) is 0 Å². The smallest absolute Gasteiger partial charge is 0.338 e. The third kappa shape index (κ3) is 3.84. The van der Waals surface area contributed by atoms with Crippen molar-refractivity contribution in [1.82, 2.24) is 4.90 Å². The molecular formula is C24H25FN2O2S. The van der Waals surface area contributed by atoms with Crippen LogP contribution in [0.15, 0.2) is 70.8 Å². The largest absolute Gasteiger partial charge is 0.478 e. The number of halogens is 1. The lowest BCUT2D eigenvalue weighted by Crippen LogP contribution is -2.48. The van der Waals surface area contributed by atoms with E-state index in [0.29, 0.717) is 12.1 Å². The number of anilines is 1. The Balaban J connectivity index is 1.80.